The van der Waals surface area contributed by atoms with Crippen molar-refractivity contribution in [1.82, 2.24) is 0 Å². The van der Waals surface area contributed by atoms with E-state index in [0.29, 0.717) is 16.5 Å². The van der Waals surface area contributed by atoms with E-state index < -0.39 is 0 Å². The van der Waals surface area contributed by atoms with Gasteiger partial charge in [-0.1, -0.05) is 68.1 Å². The first-order valence-electron chi connectivity index (χ1n) is 10.2. The van der Waals surface area contributed by atoms with Gasteiger partial charge in [0.15, 0.2) is 0 Å². The lowest BCUT2D eigenvalue weighted by molar-refractivity contribution is -0.124. The lowest BCUT2D eigenvalue weighted by Gasteiger charge is -2.54. The molecule has 1 nitrogen and oxygen atoms in total. The maximum Gasteiger partial charge on any atom is 0.147 e. The van der Waals surface area contributed by atoms with Crippen LogP contribution in [0.15, 0.2) is 11.6 Å². The zero-order chi connectivity index (χ0) is 17.5. The molecule has 136 valence electrons. The zero-order valence-corrected chi connectivity index (χ0v) is 17.6. The van der Waals surface area contributed by atoms with Gasteiger partial charge in [0.2, 0.25) is 0 Å². The highest BCUT2D eigenvalue weighted by Gasteiger charge is 2.57. The number of alkyl halides is 1. The third kappa shape index (κ3) is 2.66. The van der Waals surface area contributed by atoms with E-state index in [1.807, 2.05) is 0 Å². The summed E-state index contributed by atoms with van der Waals surface area (Å²) in [6.07, 6.45) is 12.8. The summed E-state index contributed by atoms with van der Waals surface area (Å²) in [7, 11) is 0. The Morgan fingerprint density at radius 3 is 2.58 bits per heavy atom. The zero-order valence-electron chi connectivity index (χ0n) is 16.0. The Hall–Kier alpha value is -0.110. The van der Waals surface area contributed by atoms with Crippen molar-refractivity contribution in [3.8, 4) is 0 Å². The fourth-order valence-corrected chi connectivity index (χ4v) is 7.40. The molecule has 0 N–H and O–H groups in total. The van der Waals surface area contributed by atoms with Gasteiger partial charge in [-0.25, -0.2) is 0 Å². The minimum atomic E-state index is 0.213. The molecule has 6 atom stereocenters. The highest BCUT2D eigenvalue weighted by Crippen LogP contribution is 2.64. The van der Waals surface area contributed by atoms with Crippen LogP contribution in [0.1, 0.15) is 79.1 Å². The molecule has 6 unspecified atom stereocenters. The van der Waals surface area contributed by atoms with Gasteiger partial charge in [-0.2, -0.15) is 0 Å². The first-order valence-corrected chi connectivity index (χ1v) is 11.3. The van der Waals surface area contributed by atoms with Crippen molar-refractivity contribution < 1.29 is 4.79 Å². The van der Waals surface area contributed by atoms with E-state index in [1.165, 1.54) is 38.5 Å². The third-order valence-corrected chi connectivity index (χ3v) is 8.78. The Balaban J connectivity index is 1.95. The molecule has 0 bridgehead atoms. The van der Waals surface area contributed by atoms with Crippen LogP contribution in [0.25, 0.3) is 0 Å². The Bertz CT molecular complexity index is 524. The minimum Gasteiger partial charge on any atom is -0.298 e. The molecule has 0 amide bonds. The van der Waals surface area contributed by atoms with E-state index in [-0.39, 0.29) is 11.3 Å². The van der Waals surface area contributed by atoms with Gasteiger partial charge in [0.25, 0.3) is 0 Å². The van der Waals surface area contributed by atoms with Crippen LogP contribution >= 0.6 is 15.9 Å². The van der Waals surface area contributed by atoms with Crippen LogP contribution in [0, 0.1) is 34.5 Å². The molecular weight excluding hydrogens is 360 g/mol. The number of halogens is 1. The maximum atomic E-state index is 12.5. The molecule has 2 fully saturated rings. The van der Waals surface area contributed by atoms with E-state index in [2.05, 4.69) is 49.7 Å². The van der Waals surface area contributed by atoms with E-state index in [1.54, 1.807) is 5.57 Å². The smallest absolute Gasteiger partial charge is 0.147 e. The first-order chi connectivity index (χ1) is 11.4. The van der Waals surface area contributed by atoms with Crippen LogP contribution in [0.4, 0.5) is 0 Å². The van der Waals surface area contributed by atoms with Crippen LogP contribution in [-0.4, -0.2) is 11.1 Å². The second kappa shape index (κ2) is 6.89. The van der Waals surface area contributed by atoms with Gasteiger partial charge in [0.1, 0.15) is 5.78 Å². The Morgan fingerprint density at radius 2 is 1.96 bits per heavy atom. The van der Waals surface area contributed by atoms with Crippen LogP contribution in [-0.2, 0) is 4.79 Å². The van der Waals surface area contributed by atoms with Crippen molar-refractivity contribution in [1.29, 1.82) is 0 Å². The fourth-order valence-electron chi connectivity index (χ4n) is 7.01. The van der Waals surface area contributed by atoms with Crippen molar-refractivity contribution in [2.24, 2.45) is 34.5 Å². The van der Waals surface area contributed by atoms with Crippen molar-refractivity contribution in [3.05, 3.63) is 11.6 Å². The number of carbonyl (C=O) groups is 1. The summed E-state index contributed by atoms with van der Waals surface area (Å²) in [5.41, 5.74) is 2.41. The van der Waals surface area contributed by atoms with Gasteiger partial charge in [-0.05, 0) is 67.1 Å². The molecule has 0 aromatic rings. The van der Waals surface area contributed by atoms with Gasteiger partial charge in [-0.3, -0.25) is 4.79 Å². The van der Waals surface area contributed by atoms with E-state index in [9.17, 15) is 4.79 Å². The Morgan fingerprint density at radius 1 is 1.21 bits per heavy atom. The normalized spacial score (nSPS) is 44.6. The summed E-state index contributed by atoms with van der Waals surface area (Å²) in [6.45, 7) is 9.70. The molecule has 24 heavy (non-hydrogen) atoms. The Kier molecular flexibility index (Phi) is 5.36. The van der Waals surface area contributed by atoms with Crippen molar-refractivity contribution in [2.45, 2.75) is 79.1 Å². The maximum absolute atomic E-state index is 12.5. The molecule has 0 spiro atoms. The summed E-state index contributed by atoms with van der Waals surface area (Å²) in [6, 6.07) is 0. The van der Waals surface area contributed by atoms with Crippen LogP contribution in [0.3, 0.4) is 0 Å². The highest BCUT2D eigenvalue weighted by atomic mass is 79.9. The predicted octanol–water partition coefficient (Wildman–Crippen LogP) is 6.56. The number of allylic oxidation sites excluding steroid dienone is 2. The minimum absolute atomic E-state index is 0.213. The molecule has 3 aliphatic carbocycles. The highest BCUT2D eigenvalue weighted by molar-refractivity contribution is 9.09. The molecule has 2 saturated carbocycles. The number of carbonyl (C=O) groups excluding carboxylic acids is 1. The van der Waals surface area contributed by atoms with Crippen molar-refractivity contribution >= 4 is 21.7 Å². The quantitative estimate of drug-likeness (QED) is 0.381. The first kappa shape index (κ1) is 18.7. The number of ketones is 1. The van der Waals surface area contributed by atoms with Crippen molar-refractivity contribution in [3.63, 3.8) is 0 Å². The molecular formula is C22H35BrO. The van der Waals surface area contributed by atoms with E-state index in [0.717, 1.165) is 30.6 Å². The molecule has 3 rings (SSSR count). The average Bonchev–Trinajstić information content (AvgIpc) is 2.92. The monoisotopic (exact) mass is 394 g/mol. The molecule has 0 aliphatic heterocycles. The summed E-state index contributed by atoms with van der Waals surface area (Å²) < 4.78 is 0. The Labute approximate surface area is 157 Å². The van der Waals surface area contributed by atoms with Gasteiger partial charge < -0.3 is 0 Å². The van der Waals surface area contributed by atoms with Crippen molar-refractivity contribution in [2.75, 3.05) is 5.33 Å². The number of rotatable bonds is 5. The summed E-state index contributed by atoms with van der Waals surface area (Å²) in [4.78, 5) is 12.5. The lowest BCUT2D eigenvalue weighted by Crippen LogP contribution is -2.46. The molecule has 0 radical (unpaired) electrons. The van der Waals surface area contributed by atoms with Crippen LogP contribution in [0.5, 0.6) is 0 Å². The summed E-state index contributed by atoms with van der Waals surface area (Å²) in [5.74, 6) is 3.05. The van der Waals surface area contributed by atoms with Gasteiger partial charge in [0.05, 0.1) is 5.33 Å². The summed E-state index contributed by atoms with van der Waals surface area (Å²) in [5, 5.41) is 0.534. The third-order valence-electron chi connectivity index (χ3n) is 8.23. The molecule has 0 heterocycles. The largest absolute Gasteiger partial charge is 0.298 e. The molecule has 0 saturated heterocycles. The molecule has 0 aromatic carbocycles. The molecule has 0 aromatic heterocycles. The fraction of sp³-hybridized carbons (Fsp3) is 0.864. The standard InChI is InChI=1S/C22H35BrO/c1-5-12-21(3)15(6-2)7-8-16-17-9-10-19(20(24)14-23)22(17,4)13-11-18(16)21/h11,15-17,19H,5-10,12-14H2,1-4H3. The number of hydrogen-bond donors (Lipinski definition) is 0. The second-order valence-electron chi connectivity index (χ2n) is 9.16. The second-order valence-corrected chi connectivity index (χ2v) is 9.72. The van der Waals surface area contributed by atoms with Gasteiger partial charge >= 0.3 is 0 Å². The molecule has 2 heteroatoms. The SMILES string of the molecule is CCCC1(C)C2=CCC3(C)C(C(=O)CBr)CCC3C2CCC1CC. The number of hydrogen-bond acceptors (Lipinski definition) is 1. The number of Topliss-reactive ketones (excluding diaryl/α,β-unsaturated/α-hetero) is 1. The van der Waals surface area contributed by atoms with Gasteiger partial charge in [-0.15, -0.1) is 0 Å². The topological polar surface area (TPSA) is 17.1 Å². The van der Waals surface area contributed by atoms with Crippen LogP contribution < -0.4 is 0 Å². The number of fused-ring (bicyclic) bond motifs is 3. The molecule has 3 aliphatic rings. The average molecular weight is 395 g/mol. The van der Waals surface area contributed by atoms with Gasteiger partial charge in [0, 0.05) is 5.92 Å². The van der Waals surface area contributed by atoms with E-state index >= 15 is 0 Å². The summed E-state index contributed by atoms with van der Waals surface area (Å²) >= 11 is 3.43. The van der Waals surface area contributed by atoms with Crippen LogP contribution in [0.2, 0.25) is 0 Å². The van der Waals surface area contributed by atoms with E-state index in [4.69, 9.17) is 0 Å². The predicted molar refractivity (Wildman–Crippen MR) is 105 cm³/mol. The lowest BCUT2D eigenvalue weighted by atomic mass is 9.50.